The van der Waals surface area contributed by atoms with E-state index < -0.39 is 0 Å². The number of nitrogens with one attached hydrogen (secondary N) is 1. The molecule has 0 unspecified atom stereocenters. The third-order valence-corrected chi connectivity index (χ3v) is 2.22. The molecule has 96 valence electrons. The van der Waals surface area contributed by atoms with Gasteiger partial charge < -0.3 is 10.1 Å². The summed E-state index contributed by atoms with van der Waals surface area (Å²) in [7, 11) is 0. The van der Waals surface area contributed by atoms with E-state index in [1.165, 1.54) is 6.42 Å². The molecule has 4 heteroatoms. The molecule has 0 aliphatic heterocycles. The maximum Gasteiger partial charge on any atom is 0.218 e. The fourth-order valence-electron chi connectivity index (χ4n) is 1.35. The van der Waals surface area contributed by atoms with Crippen molar-refractivity contribution < 1.29 is 4.74 Å². The van der Waals surface area contributed by atoms with Crippen LogP contribution in [0.15, 0.2) is 6.07 Å². The molecule has 0 saturated heterocycles. The molecule has 0 atom stereocenters. The molecule has 17 heavy (non-hydrogen) atoms. The van der Waals surface area contributed by atoms with E-state index in [4.69, 9.17) is 4.74 Å². The van der Waals surface area contributed by atoms with Gasteiger partial charge in [-0.3, -0.25) is 0 Å². The van der Waals surface area contributed by atoms with Gasteiger partial charge in [0.25, 0.3) is 0 Å². The molecule has 0 bridgehead atoms. The summed E-state index contributed by atoms with van der Waals surface area (Å²) in [4.78, 5) is 8.59. The molecule has 0 aliphatic carbocycles. The minimum atomic E-state index is 0.502. The van der Waals surface area contributed by atoms with E-state index in [-0.39, 0.29) is 0 Å². The van der Waals surface area contributed by atoms with Crippen LogP contribution in [0.25, 0.3) is 0 Å². The third kappa shape index (κ3) is 5.52. The first kappa shape index (κ1) is 13.7. The molecular weight excluding hydrogens is 214 g/mol. The van der Waals surface area contributed by atoms with Crippen LogP contribution in [-0.4, -0.2) is 23.1 Å². The van der Waals surface area contributed by atoms with Crippen molar-refractivity contribution in [3.05, 3.63) is 11.9 Å². The third-order valence-electron chi connectivity index (χ3n) is 2.22. The molecule has 1 heterocycles. The van der Waals surface area contributed by atoms with Gasteiger partial charge in [-0.25, -0.2) is 4.98 Å². The van der Waals surface area contributed by atoms with E-state index in [0.29, 0.717) is 18.4 Å². The van der Waals surface area contributed by atoms with E-state index >= 15 is 0 Å². The van der Waals surface area contributed by atoms with E-state index in [0.717, 1.165) is 24.6 Å². The summed E-state index contributed by atoms with van der Waals surface area (Å²) in [6.45, 7) is 9.92. The van der Waals surface area contributed by atoms with Gasteiger partial charge >= 0.3 is 0 Å². The number of rotatable bonds is 7. The van der Waals surface area contributed by atoms with Crippen molar-refractivity contribution in [1.82, 2.24) is 9.97 Å². The fourth-order valence-corrected chi connectivity index (χ4v) is 1.35. The summed E-state index contributed by atoms with van der Waals surface area (Å²) in [5.41, 5.74) is 0. The van der Waals surface area contributed by atoms with E-state index in [1.54, 1.807) is 0 Å². The quantitative estimate of drug-likeness (QED) is 0.740. The molecule has 0 saturated carbocycles. The number of hydrogen-bond acceptors (Lipinski definition) is 4. The van der Waals surface area contributed by atoms with Crippen LogP contribution >= 0.6 is 0 Å². The van der Waals surface area contributed by atoms with Gasteiger partial charge in [-0.1, -0.05) is 27.2 Å². The SMILES string of the molecule is CCCCNc1cc(OCC(C)C)nc(C)n1. The first-order valence-corrected chi connectivity index (χ1v) is 6.34. The zero-order chi connectivity index (χ0) is 12.7. The van der Waals surface area contributed by atoms with Crippen molar-refractivity contribution in [2.75, 3.05) is 18.5 Å². The Morgan fingerprint density at radius 1 is 1.35 bits per heavy atom. The predicted octanol–water partition coefficient (Wildman–Crippen LogP) is 3.03. The number of ether oxygens (including phenoxy) is 1. The number of aryl methyl sites for hydroxylation is 1. The number of hydrogen-bond donors (Lipinski definition) is 1. The Hall–Kier alpha value is -1.32. The van der Waals surface area contributed by atoms with Crippen molar-refractivity contribution >= 4 is 5.82 Å². The van der Waals surface area contributed by atoms with Crippen molar-refractivity contribution in [3.63, 3.8) is 0 Å². The van der Waals surface area contributed by atoms with Gasteiger partial charge in [-0.15, -0.1) is 0 Å². The molecule has 1 aromatic heterocycles. The second kappa shape index (κ2) is 7.09. The lowest BCUT2D eigenvalue weighted by Gasteiger charge is -2.10. The lowest BCUT2D eigenvalue weighted by atomic mass is 10.2. The molecule has 0 amide bonds. The smallest absolute Gasteiger partial charge is 0.218 e. The summed E-state index contributed by atoms with van der Waals surface area (Å²) in [5, 5.41) is 3.28. The highest BCUT2D eigenvalue weighted by atomic mass is 16.5. The summed E-state index contributed by atoms with van der Waals surface area (Å²) in [6.07, 6.45) is 2.32. The topological polar surface area (TPSA) is 47.0 Å². The second-order valence-electron chi connectivity index (χ2n) is 4.62. The molecule has 1 N–H and O–H groups in total. The van der Waals surface area contributed by atoms with Gasteiger partial charge in [0.15, 0.2) is 0 Å². The van der Waals surface area contributed by atoms with Crippen molar-refractivity contribution in [3.8, 4) is 5.88 Å². The minimum absolute atomic E-state index is 0.502. The lowest BCUT2D eigenvalue weighted by molar-refractivity contribution is 0.260. The van der Waals surface area contributed by atoms with Crippen LogP contribution in [0.2, 0.25) is 0 Å². The maximum atomic E-state index is 5.60. The lowest BCUT2D eigenvalue weighted by Crippen LogP contribution is -2.09. The molecule has 0 fully saturated rings. The first-order valence-electron chi connectivity index (χ1n) is 6.34. The molecule has 0 aliphatic rings. The second-order valence-corrected chi connectivity index (χ2v) is 4.62. The first-order chi connectivity index (χ1) is 8.11. The zero-order valence-electron chi connectivity index (χ0n) is 11.3. The van der Waals surface area contributed by atoms with Gasteiger partial charge in [0, 0.05) is 12.6 Å². The Balaban J connectivity index is 2.59. The summed E-state index contributed by atoms with van der Waals surface area (Å²) >= 11 is 0. The molecule has 0 radical (unpaired) electrons. The van der Waals surface area contributed by atoms with Gasteiger partial charge in [0.2, 0.25) is 5.88 Å². The zero-order valence-corrected chi connectivity index (χ0v) is 11.3. The summed E-state index contributed by atoms with van der Waals surface area (Å²) in [5.74, 6) is 2.75. The van der Waals surface area contributed by atoms with Gasteiger partial charge in [0.05, 0.1) is 6.61 Å². The number of aromatic nitrogens is 2. The van der Waals surface area contributed by atoms with Gasteiger partial charge in [0.1, 0.15) is 11.6 Å². The van der Waals surface area contributed by atoms with E-state index in [2.05, 4.69) is 36.1 Å². The number of nitrogens with zero attached hydrogens (tertiary/aromatic N) is 2. The van der Waals surface area contributed by atoms with Crippen LogP contribution in [0.1, 0.15) is 39.4 Å². The Bertz CT molecular complexity index is 339. The molecule has 4 nitrogen and oxygen atoms in total. The molecule has 0 aromatic carbocycles. The van der Waals surface area contributed by atoms with Crippen LogP contribution in [0, 0.1) is 12.8 Å². The van der Waals surface area contributed by atoms with E-state index in [1.807, 2.05) is 13.0 Å². The predicted molar refractivity (Wildman–Crippen MR) is 70.5 cm³/mol. The van der Waals surface area contributed by atoms with Gasteiger partial charge in [-0.05, 0) is 19.3 Å². The van der Waals surface area contributed by atoms with Gasteiger partial charge in [-0.2, -0.15) is 4.98 Å². The highest BCUT2D eigenvalue weighted by Crippen LogP contribution is 2.14. The van der Waals surface area contributed by atoms with Crippen molar-refractivity contribution in [1.29, 1.82) is 0 Å². The largest absolute Gasteiger partial charge is 0.477 e. The van der Waals surface area contributed by atoms with Crippen LogP contribution in [-0.2, 0) is 0 Å². The highest BCUT2D eigenvalue weighted by molar-refractivity contribution is 5.38. The molecular formula is C13H23N3O. The average molecular weight is 237 g/mol. The number of unbranched alkanes of at least 4 members (excludes halogenated alkanes) is 1. The Morgan fingerprint density at radius 3 is 2.76 bits per heavy atom. The average Bonchev–Trinajstić information content (AvgIpc) is 2.26. The Morgan fingerprint density at radius 2 is 2.12 bits per heavy atom. The fraction of sp³-hybridized carbons (Fsp3) is 0.692. The monoisotopic (exact) mass is 237 g/mol. The highest BCUT2D eigenvalue weighted by Gasteiger charge is 2.03. The summed E-state index contributed by atoms with van der Waals surface area (Å²) < 4.78 is 5.60. The van der Waals surface area contributed by atoms with Crippen LogP contribution in [0.3, 0.4) is 0 Å². The van der Waals surface area contributed by atoms with Crippen molar-refractivity contribution in [2.45, 2.75) is 40.5 Å². The van der Waals surface area contributed by atoms with Crippen LogP contribution in [0.4, 0.5) is 5.82 Å². The summed E-state index contributed by atoms with van der Waals surface area (Å²) in [6, 6.07) is 1.87. The Labute approximate surface area is 104 Å². The number of anilines is 1. The van der Waals surface area contributed by atoms with Crippen LogP contribution < -0.4 is 10.1 Å². The standard InChI is InChI=1S/C13H23N3O/c1-5-6-7-14-12-8-13(16-11(4)15-12)17-9-10(2)3/h8,10H,5-7,9H2,1-4H3,(H,14,15,16). The Kier molecular flexibility index (Phi) is 5.73. The normalized spacial score (nSPS) is 10.6. The van der Waals surface area contributed by atoms with E-state index in [9.17, 15) is 0 Å². The maximum absolute atomic E-state index is 5.60. The molecule has 0 spiro atoms. The molecule has 1 aromatic rings. The molecule has 1 rings (SSSR count). The van der Waals surface area contributed by atoms with Crippen molar-refractivity contribution in [2.24, 2.45) is 5.92 Å². The minimum Gasteiger partial charge on any atom is -0.477 e. The van der Waals surface area contributed by atoms with Crippen LogP contribution in [0.5, 0.6) is 5.88 Å².